The molecule has 0 aromatic heterocycles. The fourth-order valence-corrected chi connectivity index (χ4v) is 3.34. The molecule has 2 rings (SSSR count). The fourth-order valence-electron chi connectivity index (χ4n) is 2.29. The molecule has 2 aromatic rings. The average Bonchev–Trinajstić information content (AvgIpc) is 2.49. The Labute approximate surface area is 138 Å². The van der Waals surface area contributed by atoms with Crippen LogP contribution in [0.25, 0.3) is 0 Å². The summed E-state index contributed by atoms with van der Waals surface area (Å²) in [5, 5.41) is 2.78. The van der Waals surface area contributed by atoms with Crippen LogP contribution < -0.4 is 5.32 Å². The molecule has 2 aromatic carbocycles. The first-order chi connectivity index (χ1) is 11.0. The van der Waals surface area contributed by atoms with Crippen molar-refractivity contribution in [3.05, 3.63) is 71.0 Å². The van der Waals surface area contributed by atoms with Gasteiger partial charge in [0.15, 0.2) is 0 Å². The van der Waals surface area contributed by atoms with Crippen LogP contribution in [-0.2, 0) is 27.8 Å². The van der Waals surface area contributed by atoms with Crippen LogP contribution in [0, 0.1) is 12.7 Å². The van der Waals surface area contributed by atoms with Gasteiger partial charge >= 0.3 is 0 Å². The lowest BCUT2D eigenvalue weighted by Gasteiger charge is -2.07. The zero-order valence-corrected chi connectivity index (χ0v) is 13.9. The standard InChI is InChI=1S/C18H20FNO2S/c1-14-5-2-3-7-16(14)9-10-20-18(21)13-23(22)12-15-6-4-8-17(19)11-15/h2-8,11H,9-10,12-13H2,1H3,(H,20,21). The molecule has 23 heavy (non-hydrogen) atoms. The monoisotopic (exact) mass is 333 g/mol. The first-order valence-electron chi connectivity index (χ1n) is 7.45. The molecule has 0 aliphatic carbocycles. The Morgan fingerprint density at radius 2 is 1.96 bits per heavy atom. The first kappa shape index (κ1) is 17.3. The summed E-state index contributed by atoms with van der Waals surface area (Å²) in [6.45, 7) is 2.55. The quantitative estimate of drug-likeness (QED) is 0.847. The highest BCUT2D eigenvalue weighted by molar-refractivity contribution is 7.84. The van der Waals surface area contributed by atoms with Gasteiger partial charge in [-0.1, -0.05) is 36.4 Å². The second-order valence-electron chi connectivity index (χ2n) is 5.38. The van der Waals surface area contributed by atoms with E-state index in [0.29, 0.717) is 12.1 Å². The number of carbonyl (C=O) groups excluding carboxylic acids is 1. The topological polar surface area (TPSA) is 46.2 Å². The zero-order chi connectivity index (χ0) is 16.7. The molecule has 0 heterocycles. The molecule has 0 aliphatic heterocycles. The number of halogens is 1. The molecule has 0 fully saturated rings. The zero-order valence-electron chi connectivity index (χ0n) is 13.0. The van der Waals surface area contributed by atoms with E-state index in [1.54, 1.807) is 12.1 Å². The molecule has 0 saturated carbocycles. The van der Waals surface area contributed by atoms with Gasteiger partial charge in [-0.3, -0.25) is 9.00 Å². The van der Waals surface area contributed by atoms with Crippen molar-refractivity contribution >= 4 is 16.7 Å². The summed E-state index contributed by atoms with van der Waals surface area (Å²) in [6.07, 6.45) is 0.745. The molecular formula is C18H20FNO2S. The minimum absolute atomic E-state index is 0.0652. The van der Waals surface area contributed by atoms with Gasteiger partial charge in [0.25, 0.3) is 0 Å². The predicted molar refractivity (Wildman–Crippen MR) is 91.0 cm³/mol. The Bertz CT molecular complexity index is 703. The van der Waals surface area contributed by atoms with Crippen molar-refractivity contribution < 1.29 is 13.4 Å². The van der Waals surface area contributed by atoms with E-state index in [1.165, 1.54) is 23.3 Å². The van der Waals surface area contributed by atoms with E-state index in [0.717, 1.165) is 6.42 Å². The minimum Gasteiger partial charge on any atom is -0.355 e. The largest absolute Gasteiger partial charge is 0.355 e. The van der Waals surface area contributed by atoms with Gasteiger partial charge in [0.1, 0.15) is 11.6 Å². The summed E-state index contributed by atoms with van der Waals surface area (Å²) in [6, 6.07) is 14.0. The van der Waals surface area contributed by atoms with Crippen molar-refractivity contribution in [2.24, 2.45) is 0 Å². The van der Waals surface area contributed by atoms with E-state index < -0.39 is 10.8 Å². The second kappa shape index (κ2) is 8.58. The Kier molecular flexibility index (Phi) is 6.47. The number of nitrogens with one attached hydrogen (secondary N) is 1. The van der Waals surface area contributed by atoms with Crippen LogP contribution in [-0.4, -0.2) is 22.4 Å². The molecule has 122 valence electrons. The molecule has 3 nitrogen and oxygen atoms in total. The van der Waals surface area contributed by atoms with Crippen LogP contribution >= 0.6 is 0 Å². The molecule has 1 amide bonds. The third-order valence-electron chi connectivity index (χ3n) is 3.49. The molecule has 0 radical (unpaired) electrons. The van der Waals surface area contributed by atoms with Crippen molar-refractivity contribution in [1.29, 1.82) is 0 Å². The van der Waals surface area contributed by atoms with Gasteiger partial charge < -0.3 is 5.32 Å². The molecule has 0 saturated heterocycles. The number of hydrogen-bond acceptors (Lipinski definition) is 2. The maximum Gasteiger partial charge on any atom is 0.232 e. The molecule has 1 atom stereocenters. The Hall–Kier alpha value is -2.01. The normalized spacial score (nSPS) is 11.9. The highest BCUT2D eigenvalue weighted by Gasteiger charge is 2.09. The summed E-state index contributed by atoms with van der Waals surface area (Å²) in [7, 11) is -1.34. The van der Waals surface area contributed by atoms with Gasteiger partial charge in [-0.05, 0) is 42.2 Å². The number of benzene rings is 2. The Balaban J connectivity index is 1.74. The van der Waals surface area contributed by atoms with Crippen LogP contribution in [0.4, 0.5) is 4.39 Å². The summed E-state index contributed by atoms with van der Waals surface area (Å²) >= 11 is 0. The second-order valence-corrected chi connectivity index (χ2v) is 6.84. The van der Waals surface area contributed by atoms with E-state index in [-0.39, 0.29) is 23.2 Å². The fraction of sp³-hybridized carbons (Fsp3) is 0.278. The van der Waals surface area contributed by atoms with Crippen LogP contribution in [0.5, 0.6) is 0 Å². The predicted octanol–water partition coefficient (Wildman–Crippen LogP) is 2.74. The number of amides is 1. The van der Waals surface area contributed by atoms with Crippen LogP contribution in [0.2, 0.25) is 0 Å². The number of hydrogen-bond donors (Lipinski definition) is 1. The third kappa shape index (κ3) is 5.94. The highest BCUT2D eigenvalue weighted by Crippen LogP contribution is 2.08. The van der Waals surface area contributed by atoms with E-state index >= 15 is 0 Å². The van der Waals surface area contributed by atoms with E-state index in [4.69, 9.17) is 0 Å². The lowest BCUT2D eigenvalue weighted by molar-refractivity contribution is -0.118. The number of carbonyl (C=O) groups is 1. The SMILES string of the molecule is Cc1ccccc1CCNC(=O)CS(=O)Cc1cccc(F)c1. The maximum atomic E-state index is 13.1. The smallest absolute Gasteiger partial charge is 0.232 e. The molecular weight excluding hydrogens is 313 g/mol. The summed E-state index contributed by atoms with van der Waals surface area (Å²) in [5.41, 5.74) is 3.01. The molecule has 0 aliphatic rings. The number of aryl methyl sites for hydroxylation is 1. The molecule has 0 spiro atoms. The molecule has 5 heteroatoms. The summed E-state index contributed by atoms with van der Waals surface area (Å²) in [5.74, 6) is -0.483. The van der Waals surface area contributed by atoms with Gasteiger partial charge in [0.05, 0.1) is 0 Å². The molecule has 1 unspecified atom stereocenters. The van der Waals surface area contributed by atoms with Crippen molar-refractivity contribution in [3.63, 3.8) is 0 Å². The Morgan fingerprint density at radius 1 is 1.17 bits per heavy atom. The number of rotatable bonds is 7. The van der Waals surface area contributed by atoms with Crippen LogP contribution in [0.1, 0.15) is 16.7 Å². The van der Waals surface area contributed by atoms with Gasteiger partial charge in [-0.2, -0.15) is 0 Å². The lowest BCUT2D eigenvalue weighted by atomic mass is 10.1. The van der Waals surface area contributed by atoms with Gasteiger partial charge in [-0.15, -0.1) is 0 Å². The Morgan fingerprint density at radius 3 is 2.70 bits per heavy atom. The van der Waals surface area contributed by atoms with E-state index in [2.05, 4.69) is 5.32 Å². The van der Waals surface area contributed by atoms with Crippen molar-refractivity contribution in [2.45, 2.75) is 19.1 Å². The van der Waals surface area contributed by atoms with Gasteiger partial charge in [0.2, 0.25) is 5.91 Å². The van der Waals surface area contributed by atoms with Crippen molar-refractivity contribution in [2.75, 3.05) is 12.3 Å². The lowest BCUT2D eigenvalue weighted by Crippen LogP contribution is -2.30. The van der Waals surface area contributed by atoms with Crippen molar-refractivity contribution in [3.8, 4) is 0 Å². The van der Waals surface area contributed by atoms with Crippen LogP contribution in [0.3, 0.4) is 0 Å². The molecule has 1 N–H and O–H groups in total. The highest BCUT2D eigenvalue weighted by atomic mass is 32.2. The van der Waals surface area contributed by atoms with Crippen LogP contribution in [0.15, 0.2) is 48.5 Å². The van der Waals surface area contributed by atoms with Crippen molar-refractivity contribution in [1.82, 2.24) is 5.32 Å². The summed E-state index contributed by atoms with van der Waals surface area (Å²) in [4.78, 5) is 11.8. The third-order valence-corrected chi connectivity index (χ3v) is 4.73. The average molecular weight is 333 g/mol. The minimum atomic E-state index is -1.34. The summed E-state index contributed by atoms with van der Waals surface area (Å²) < 4.78 is 25.0. The maximum absolute atomic E-state index is 13.1. The molecule has 0 bridgehead atoms. The van der Waals surface area contributed by atoms with Gasteiger partial charge in [-0.25, -0.2) is 4.39 Å². The van der Waals surface area contributed by atoms with E-state index in [1.807, 2.05) is 31.2 Å². The van der Waals surface area contributed by atoms with E-state index in [9.17, 15) is 13.4 Å². The van der Waals surface area contributed by atoms with Gasteiger partial charge in [0, 0.05) is 23.1 Å². The first-order valence-corrected chi connectivity index (χ1v) is 8.94.